The highest BCUT2D eigenvalue weighted by molar-refractivity contribution is 5.67. The molecule has 0 fully saturated rings. The third-order valence-corrected chi connectivity index (χ3v) is 1.48. The van der Waals surface area contributed by atoms with Crippen molar-refractivity contribution in [1.29, 1.82) is 0 Å². The standard InChI is InChI=1S/C9H17NO2.C2H6/c1-4-6-7-8-10(3)9(11)12-5-2;1-2/h4H,1,5-8H2,2-3H3;1-2H3. The molecule has 0 aliphatic heterocycles. The fourth-order valence-electron chi connectivity index (χ4n) is 0.798. The van der Waals surface area contributed by atoms with Gasteiger partial charge in [0.1, 0.15) is 0 Å². The van der Waals surface area contributed by atoms with Crippen LogP contribution in [0.15, 0.2) is 12.7 Å². The first kappa shape index (κ1) is 15.5. The topological polar surface area (TPSA) is 29.5 Å². The van der Waals surface area contributed by atoms with E-state index in [0.29, 0.717) is 6.61 Å². The van der Waals surface area contributed by atoms with Crippen LogP contribution < -0.4 is 0 Å². The van der Waals surface area contributed by atoms with Crippen molar-refractivity contribution in [2.24, 2.45) is 0 Å². The van der Waals surface area contributed by atoms with Crippen molar-refractivity contribution >= 4 is 6.09 Å². The summed E-state index contributed by atoms with van der Waals surface area (Å²) in [6.45, 7) is 10.6. The van der Waals surface area contributed by atoms with Crippen LogP contribution in [0.2, 0.25) is 0 Å². The van der Waals surface area contributed by atoms with Gasteiger partial charge in [-0.1, -0.05) is 19.9 Å². The Morgan fingerprint density at radius 1 is 1.50 bits per heavy atom. The maximum Gasteiger partial charge on any atom is 0.409 e. The number of allylic oxidation sites excluding steroid dienone is 1. The highest BCUT2D eigenvalue weighted by atomic mass is 16.5. The van der Waals surface area contributed by atoms with Gasteiger partial charge in [-0.15, -0.1) is 6.58 Å². The second-order valence-electron chi connectivity index (χ2n) is 2.55. The van der Waals surface area contributed by atoms with Crippen LogP contribution in [0, 0.1) is 0 Å². The van der Waals surface area contributed by atoms with Gasteiger partial charge in [0.05, 0.1) is 6.61 Å². The fourth-order valence-corrected chi connectivity index (χ4v) is 0.798. The van der Waals surface area contributed by atoms with Crippen LogP contribution in [-0.2, 0) is 4.74 Å². The van der Waals surface area contributed by atoms with Gasteiger partial charge in [0, 0.05) is 13.6 Å². The molecule has 0 aromatic carbocycles. The minimum atomic E-state index is -0.249. The van der Waals surface area contributed by atoms with Gasteiger partial charge in [-0.3, -0.25) is 0 Å². The minimum absolute atomic E-state index is 0.249. The number of amides is 1. The minimum Gasteiger partial charge on any atom is -0.450 e. The Balaban J connectivity index is 0. The number of nitrogens with zero attached hydrogens (tertiary/aromatic N) is 1. The van der Waals surface area contributed by atoms with E-state index >= 15 is 0 Å². The van der Waals surface area contributed by atoms with Crippen molar-refractivity contribution in [3.05, 3.63) is 12.7 Å². The molecule has 0 heterocycles. The number of carbonyl (C=O) groups is 1. The van der Waals surface area contributed by atoms with Crippen molar-refractivity contribution in [3.8, 4) is 0 Å². The molecular formula is C11H23NO2. The molecule has 0 atom stereocenters. The monoisotopic (exact) mass is 201 g/mol. The van der Waals surface area contributed by atoms with E-state index in [1.807, 2.05) is 19.9 Å². The predicted octanol–water partition coefficient (Wildman–Crippen LogP) is 3.07. The van der Waals surface area contributed by atoms with Crippen LogP contribution in [0.3, 0.4) is 0 Å². The zero-order chi connectivity index (χ0) is 11.4. The van der Waals surface area contributed by atoms with Crippen LogP contribution in [0.5, 0.6) is 0 Å². The molecule has 0 aromatic rings. The van der Waals surface area contributed by atoms with E-state index in [9.17, 15) is 4.79 Å². The molecule has 0 aromatic heterocycles. The molecule has 0 spiro atoms. The molecule has 14 heavy (non-hydrogen) atoms. The van der Waals surface area contributed by atoms with Crippen LogP contribution in [0.1, 0.15) is 33.6 Å². The maximum absolute atomic E-state index is 11.0. The third-order valence-electron chi connectivity index (χ3n) is 1.48. The third kappa shape index (κ3) is 9.10. The molecule has 0 saturated heterocycles. The molecule has 0 bridgehead atoms. The van der Waals surface area contributed by atoms with Crippen molar-refractivity contribution < 1.29 is 9.53 Å². The summed E-state index contributed by atoms with van der Waals surface area (Å²) in [5.41, 5.74) is 0. The molecular weight excluding hydrogens is 178 g/mol. The van der Waals surface area contributed by atoms with Gasteiger partial charge in [0.25, 0.3) is 0 Å². The Morgan fingerprint density at radius 2 is 2.07 bits per heavy atom. The molecule has 0 aliphatic rings. The molecule has 0 unspecified atom stereocenters. The predicted molar refractivity (Wildman–Crippen MR) is 60.4 cm³/mol. The van der Waals surface area contributed by atoms with Crippen LogP contribution in [0.25, 0.3) is 0 Å². The van der Waals surface area contributed by atoms with E-state index in [4.69, 9.17) is 4.74 Å². The Hall–Kier alpha value is -0.990. The summed E-state index contributed by atoms with van der Waals surface area (Å²) in [5.74, 6) is 0. The quantitative estimate of drug-likeness (QED) is 0.505. The van der Waals surface area contributed by atoms with Gasteiger partial charge in [0.2, 0.25) is 0 Å². The Kier molecular flexibility index (Phi) is 13.3. The highest BCUT2D eigenvalue weighted by Gasteiger charge is 2.06. The lowest BCUT2D eigenvalue weighted by molar-refractivity contribution is 0.116. The van der Waals surface area contributed by atoms with Crippen LogP contribution in [0.4, 0.5) is 4.79 Å². The Morgan fingerprint density at radius 3 is 2.50 bits per heavy atom. The summed E-state index contributed by atoms with van der Waals surface area (Å²) in [5, 5.41) is 0. The van der Waals surface area contributed by atoms with Gasteiger partial charge >= 0.3 is 6.09 Å². The van der Waals surface area contributed by atoms with Gasteiger partial charge in [-0.25, -0.2) is 4.79 Å². The van der Waals surface area contributed by atoms with E-state index in [0.717, 1.165) is 19.4 Å². The molecule has 0 saturated carbocycles. The van der Waals surface area contributed by atoms with Crippen molar-refractivity contribution in [2.75, 3.05) is 20.2 Å². The van der Waals surface area contributed by atoms with Crippen molar-refractivity contribution in [1.82, 2.24) is 4.90 Å². The number of carbonyl (C=O) groups excluding carboxylic acids is 1. The summed E-state index contributed by atoms with van der Waals surface area (Å²) in [6.07, 6.45) is 3.48. The van der Waals surface area contributed by atoms with Crippen molar-refractivity contribution in [2.45, 2.75) is 33.6 Å². The van der Waals surface area contributed by atoms with Crippen LogP contribution >= 0.6 is 0 Å². The normalized spacial score (nSPS) is 8.29. The largest absolute Gasteiger partial charge is 0.450 e. The maximum atomic E-state index is 11.0. The molecule has 0 radical (unpaired) electrons. The number of ether oxygens (including phenoxy) is 1. The lowest BCUT2D eigenvalue weighted by atomic mass is 10.3. The number of hydrogen-bond acceptors (Lipinski definition) is 2. The zero-order valence-electron chi connectivity index (χ0n) is 9.88. The molecule has 3 heteroatoms. The number of hydrogen-bond donors (Lipinski definition) is 0. The first-order valence-electron chi connectivity index (χ1n) is 5.21. The smallest absolute Gasteiger partial charge is 0.409 e. The summed E-state index contributed by atoms with van der Waals surface area (Å²) >= 11 is 0. The summed E-state index contributed by atoms with van der Waals surface area (Å²) in [4.78, 5) is 12.6. The summed E-state index contributed by atoms with van der Waals surface area (Å²) in [7, 11) is 1.74. The second kappa shape index (κ2) is 12.0. The lowest BCUT2D eigenvalue weighted by Crippen LogP contribution is -2.28. The Bertz CT molecular complexity index is 146. The number of unbranched alkanes of at least 4 members (excludes halogenated alkanes) is 1. The molecule has 3 nitrogen and oxygen atoms in total. The molecule has 0 N–H and O–H groups in total. The summed E-state index contributed by atoms with van der Waals surface area (Å²) < 4.78 is 4.80. The molecule has 0 rings (SSSR count). The first-order valence-corrected chi connectivity index (χ1v) is 5.21. The number of rotatable bonds is 5. The summed E-state index contributed by atoms with van der Waals surface area (Å²) in [6, 6.07) is 0. The molecule has 84 valence electrons. The average molecular weight is 201 g/mol. The molecule has 1 amide bonds. The van der Waals surface area contributed by atoms with Gasteiger partial charge in [-0.05, 0) is 19.8 Å². The highest BCUT2D eigenvalue weighted by Crippen LogP contribution is 1.95. The Labute approximate surface area is 87.7 Å². The molecule has 0 aliphatic carbocycles. The van der Waals surface area contributed by atoms with Gasteiger partial charge in [-0.2, -0.15) is 0 Å². The van der Waals surface area contributed by atoms with E-state index in [2.05, 4.69) is 6.58 Å². The fraction of sp³-hybridized carbons (Fsp3) is 0.727. The van der Waals surface area contributed by atoms with E-state index in [1.54, 1.807) is 18.9 Å². The van der Waals surface area contributed by atoms with Gasteiger partial charge < -0.3 is 9.64 Å². The SMILES string of the molecule is C=CCCCN(C)C(=O)OCC.CC. The second-order valence-corrected chi connectivity index (χ2v) is 2.55. The van der Waals surface area contributed by atoms with E-state index in [-0.39, 0.29) is 6.09 Å². The van der Waals surface area contributed by atoms with Gasteiger partial charge in [0.15, 0.2) is 0 Å². The van der Waals surface area contributed by atoms with Crippen molar-refractivity contribution in [3.63, 3.8) is 0 Å². The lowest BCUT2D eigenvalue weighted by Gasteiger charge is -2.15. The average Bonchev–Trinajstić information content (AvgIpc) is 2.21. The first-order chi connectivity index (χ1) is 6.72. The van der Waals surface area contributed by atoms with E-state index < -0.39 is 0 Å². The zero-order valence-corrected chi connectivity index (χ0v) is 9.88. The van der Waals surface area contributed by atoms with E-state index in [1.165, 1.54) is 0 Å². The van der Waals surface area contributed by atoms with Crippen LogP contribution in [-0.4, -0.2) is 31.2 Å².